The molecule has 0 bridgehead atoms. The van der Waals surface area contributed by atoms with Crippen LogP contribution in [-0.2, 0) is 20.1 Å². The number of carbonyl (C=O) groups is 3. The Morgan fingerprint density at radius 3 is 2.84 bits per heavy atom. The SMILES string of the molecule is NCCSCc1cnccc1SC1=C(C(=O)O)N2C(=O)[C@@H](NC(=O)/C(=N/O)c3nc(N)sc3Cl)[C@H]2SC1. The molecule has 2 aliphatic heterocycles. The minimum atomic E-state index is -1.25. The van der Waals surface area contributed by atoms with E-state index < -0.39 is 34.9 Å². The summed E-state index contributed by atoms with van der Waals surface area (Å²) in [7, 11) is 0. The number of carbonyl (C=O) groups excluding carboxylic acids is 2. The molecule has 0 radical (unpaired) electrons. The van der Waals surface area contributed by atoms with E-state index in [4.69, 9.17) is 23.1 Å². The van der Waals surface area contributed by atoms with Crippen molar-refractivity contribution in [3.8, 4) is 0 Å². The molecule has 2 atom stereocenters. The summed E-state index contributed by atoms with van der Waals surface area (Å²) in [6.45, 7) is 0.547. The van der Waals surface area contributed by atoms with Gasteiger partial charge in [0.15, 0.2) is 10.8 Å². The zero-order valence-corrected chi connectivity index (χ0v) is 22.8. The number of aliphatic carboxylic acids is 1. The standard InChI is InChI=1S/C20H20ClN7O5S4/c21-15-11(26-20(23)37-15)12(27-33)16(29)25-13-17(30)28-14(19(31)32)10(7-35-18(13)28)36-9-1-3-24-5-8(9)6-34-4-2-22/h1,3,5,13,18,33H,2,4,6-7,22H2,(H2,23,26)(H,25,29)(H,31,32)/b27-12+/t13-,18-/m1/s1. The van der Waals surface area contributed by atoms with E-state index in [9.17, 15) is 24.7 Å². The zero-order chi connectivity index (χ0) is 26.7. The van der Waals surface area contributed by atoms with Gasteiger partial charge in [0.05, 0.1) is 0 Å². The Balaban J connectivity index is 1.52. The summed E-state index contributed by atoms with van der Waals surface area (Å²) in [5.41, 5.74) is 11.3. The molecular formula is C20H20ClN7O5S4. The summed E-state index contributed by atoms with van der Waals surface area (Å²) < 4.78 is 0.0451. The van der Waals surface area contributed by atoms with Crippen molar-refractivity contribution in [1.82, 2.24) is 20.2 Å². The molecule has 0 saturated carbocycles. The van der Waals surface area contributed by atoms with Gasteiger partial charge in [0.1, 0.15) is 27.1 Å². The van der Waals surface area contributed by atoms with E-state index in [1.54, 1.807) is 30.2 Å². The third-order valence-electron chi connectivity index (χ3n) is 5.18. The topological polar surface area (TPSA) is 197 Å². The number of anilines is 1. The molecule has 2 aromatic heterocycles. The fourth-order valence-corrected chi connectivity index (χ4v) is 7.91. The summed E-state index contributed by atoms with van der Waals surface area (Å²) in [5.74, 6) is -0.998. The fourth-order valence-electron chi connectivity index (χ4n) is 3.56. The predicted octanol–water partition coefficient (Wildman–Crippen LogP) is 1.63. The molecule has 37 heavy (non-hydrogen) atoms. The number of nitrogens with one attached hydrogen (secondary N) is 1. The number of nitrogens with zero attached hydrogens (tertiary/aromatic N) is 4. The number of rotatable bonds is 10. The Hall–Kier alpha value is -2.50. The molecule has 2 amide bonds. The zero-order valence-electron chi connectivity index (χ0n) is 18.8. The van der Waals surface area contributed by atoms with Crippen molar-refractivity contribution in [1.29, 1.82) is 0 Å². The van der Waals surface area contributed by atoms with Crippen LogP contribution in [0.4, 0.5) is 5.13 Å². The predicted molar refractivity (Wildman–Crippen MR) is 145 cm³/mol. The minimum absolute atomic E-state index is 0.0451. The van der Waals surface area contributed by atoms with Crippen LogP contribution >= 0.6 is 58.2 Å². The van der Waals surface area contributed by atoms with Gasteiger partial charge in [-0.25, -0.2) is 9.78 Å². The molecule has 196 valence electrons. The number of aromatic nitrogens is 2. The molecular weight excluding hydrogens is 582 g/mol. The normalized spacial score (nSPS) is 19.5. The lowest BCUT2D eigenvalue weighted by Gasteiger charge is -2.49. The summed E-state index contributed by atoms with van der Waals surface area (Å²) in [6, 6.07) is 0.772. The van der Waals surface area contributed by atoms with Gasteiger partial charge >= 0.3 is 5.97 Å². The van der Waals surface area contributed by atoms with Crippen LogP contribution in [-0.4, -0.2) is 78.1 Å². The van der Waals surface area contributed by atoms with Crippen LogP contribution in [0, 0.1) is 0 Å². The second-order valence-electron chi connectivity index (χ2n) is 7.49. The molecule has 2 aromatic rings. The first-order chi connectivity index (χ1) is 17.8. The maximum atomic E-state index is 13.0. The van der Waals surface area contributed by atoms with Crippen molar-refractivity contribution in [2.24, 2.45) is 10.9 Å². The Labute approximate surface area is 232 Å². The van der Waals surface area contributed by atoms with E-state index in [-0.39, 0.29) is 20.9 Å². The highest BCUT2D eigenvalue weighted by Crippen LogP contribution is 2.46. The van der Waals surface area contributed by atoms with Crippen molar-refractivity contribution in [2.75, 3.05) is 23.8 Å². The number of pyridine rings is 1. The van der Waals surface area contributed by atoms with Crippen molar-refractivity contribution in [3.63, 3.8) is 0 Å². The molecule has 1 fully saturated rings. The molecule has 2 aliphatic rings. The van der Waals surface area contributed by atoms with Crippen molar-refractivity contribution in [3.05, 3.63) is 44.7 Å². The number of carboxylic acid groups (broad SMARTS) is 1. The summed E-state index contributed by atoms with van der Waals surface area (Å²) in [4.78, 5) is 48.5. The highest BCUT2D eigenvalue weighted by atomic mass is 35.5. The smallest absolute Gasteiger partial charge is 0.353 e. The second kappa shape index (κ2) is 11.9. The van der Waals surface area contributed by atoms with Gasteiger partial charge in [-0.3, -0.25) is 19.5 Å². The number of halogens is 1. The average Bonchev–Trinajstić information content (AvgIpc) is 3.20. The van der Waals surface area contributed by atoms with E-state index in [0.29, 0.717) is 23.0 Å². The molecule has 4 heterocycles. The Morgan fingerprint density at radius 1 is 1.41 bits per heavy atom. The van der Waals surface area contributed by atoms with Gasteiger partial charge in [-0.2, -0.15) is 11.8 Å². The molecule has 12 nitrogen and oxygen atoms in total. The molecule has 0 spiro atoms. The Bertz CT molecular complexity index is 1300. The lowest BCUT2D eigenvalue weighted by Crippen LogP contribution is -2.71. The monoisotopic (exact) mass is 601 g/mol. The maximum absolute atomic E-state index is 13.0. The Kier molecular flexibility index (Phi) is 8.86. The third kappa shape index (κ3) is 5.68. The summed E-state index contributed by atoms with van der Waals surface area (Å²) in [5, 5.41) is 24.2. The number of fused-ring (bicyclic) bond motifs is 1. The van der Waals surface area contributed by atoms with Gasteiger partial charge in [0.25, 0.3) is 11.8 Å². The first-order valence-electron chi connectivity index (χ1n) is 10.5. The molecule has 1 saturated heterocycles. The molecule has 17 heteroatoms. The number of thioether (sulfide) groups is 3. The van der Waals surface area contributed by atoms with E-state index in [1.807, 2.05) is 0 Å². The first kappa shape index (κ1) is 27.5. The number of carboxylic acids is 1. The first-order valence-corrected chi connectivity index (χ1v) is 14.7. The fraction of sp³-hybridized carbons (Fsp3) is 0.300. The molecule has 0 aliphatic carbocycles. The van der Waals surface area contributed by atoms with Gasteiger partial charge < -0.3 is 27.1 Å². The van der Waals surface area contributed by atoms with E-state index in [1.165, 1.54) is 23.5 Å². The Morgan fingerprint density at radius 2 is 2.19 bits per heavy atom. The number of oxime groups is 1. The number of nitrogen functional groups attached to an aromatic ring is 1. The number of amides is 2. The number of hydrogen-bond acceptors (Lipinski definition) is 13. The number of thiazole rings is 1. The van der Waals surface area contributed by atoms with Crippen molar-refractivity contribution >= 4 is 86.9 Å². The average molecular weight is 602 g/mol. The van der Waals surface area contributed by atoms with Crippen molar-refractivity contribution < 1.29 is 24.7 Å². The number of hydrogen-bond donors (Lipinski definition) is 5. The lowest BCUT2D eigenvalue weighted by atomic mass is 10.0. The minimum Gasteiger partial charge on any atom is -0.477 e. The van der Waals surface area contributed by atoms with Gasteiger partial charge in [0, 0.05) is 46.0 Å². The third-order valence-corrected chi connectivity index (χ3v) is 9.96. The van der Waals surface area contributed by atoms with Crippen LogP contribution in [0.1, 0.15) is 11.3 Å². The lowest BCUT2D eigenvalue weighted by molar-refractivity contribution is -0.150. The van der Waals surface area contributed by atoms with Crippen LogP contribution in [0.5, 0.6) is 0 Å². The van der Waals surface area contributed by atoms with Crippen LogP contribution in [0.2, 0.25) is 4.34 Å². The van der Waals surface area contributed by atoms with Crippen LogP contribution in [0.25, 0.3) is 0 Å². The van der Waals surface area contributed by atoms with E-state index in [2.05, 4.69) is 20.4 Å². The van der Waals surface area contributed by atoms with Gasteiger partial charge in [-0.1, -0.05) is 39.9 Å². The molecule has 7 N–H and O–H groups in total. The summed E-state index contributed by atoms with van der Waals surface area (Å²) >= 11 is 11.1. The maximum Gasteiger partial charge on any atom is 0.353 e. The van der Waals surface area contributed by atoms with Crippen molar-refractivity contribution in [2.45, 2.75) is 22.1 Å². The highest BCUT2D eigenvalue weighted by Gasteiger charge is 2.54. The van der Waals surface area contributed by atoms with Gasteiger partial charge in [0.2, 0.25) is 0 Å². The highest BCUT2D eigenvalue weighted by molar-refractivity contribution is 8.06. The largest absolute Gasteiger partial charge is 0.477 e. The van der Waals surface area contributed by atoms with Crippen LogP contribution in [0.3, 0.4) is 0 Å². The second-order valence-corrected chi connectivity index (χ2v) is 12.5. The number of β-lactam (4-membered cyclic amide) rings is 1. The van der Waals surface area contributed by atoms with Gasteiger partial charge in [-0.15, -0.1) is 11.8 Å². The van der Waals surface area contributed by atoms with E-state index in [0.717, 1.165) is 32.4 Å². The van der Waals surface area contributed by atoms with Crippen LogP contribution in [0.15, 0.2) is 39.1 Å². The van der Waals surface area contributed by atoms with E-state index >= 15 is 0 Å². The molecule has 4 rings (SSSR count). The van der Waals surface area contributed by atoms with Gasteiger partial charge in [-0.05, 0) is 11.6 Å². The molecule has 0 unspecified atom stereocenters. The van der Waals surface area contributed by atoms with Crippen LogP contribution < -0.4 is 16.8 Å². The summed E-state index contributed by atoms with van der Waals surface area (Å²) in [6.07, 6.45) is 3.36. The molecule has 0 aromatic carbocycles. The number of nitrogens with two attached hydrogens (primary N) is 2. The quantitative estimate of drug-likeness (QED) is 0.0868.